The van der Waals surface area contributed by atoms with Gasteiger partial charge in [-0.05, 0) is 18.1 Å². The van der Waals surface area contributed by atoms with Crippen molar-refractivity contribution in [2.24, 2.45) is 5.92 Å². The quantitative estimate of drug-likeness (QED) is 0.577. The maximum Gasteiger partial charge on any atom is 0.306 e. The van der Waals surface area contributed by atoms with Crippen LogP contribution in [-0.2, 0) is 11.2 Å². The third-order valence-corrected chi connectivity index (χ3v) is 3.02. The van der Waals surface area contributed by atoms with Crippen LogP contribution in [0, 0.1) is 16.0 Å². The van der Waals surface area contributed by atoms with Gasteiger partial charge in [-0.25, -0.2) is 0 Å². The first kappa shape index (κ1) is 12.9. The predicted molar refractivity (Wildman–Crippen MR) is 67.1 cm³/mol. The normalized spacial score (nSPS) is 12.5. The summed E-state index contributed by atoms with van der Waals surface area (Å²) in [6.45, 7) is 1.54. The van der Waals surface area contributed by atoms with Gasteiger partial charge in [-0.3, -0.25) is 14.9 Å². The van der Waals surface area contributed by atoms with Crippen LogP contribution in [0.2, 0.25) is 0 Å². The maximum atomic E-state index is 10.9. The minimum atomic E-state index is -0.959. The van der Waals surface area contributed by atoms with E-state index in [0.29, 0.717) is 10.9 Å². The van der Waals surface area contributed by atoms with Gasteiger partial charge in [0.05, 0.1) is 16.2 Å². The molecule has 7 heteroatoms. The Bertz CT molecular complexity index is 661. The number of aromatic hydroxyl groups is 1. The van der Waals surface area contributed by atoms with Crippen LogP contribution >= 0.6 is 0 Å². The molecule has 0 radical (unpaired) electrons. The molecule has 0 fully saturated rings. The average Bonchev–Trinajstić information content (AvgIpc) is 2.73. The van der Waals surface area contributed by atoms with Gasteiger partial charge in [0.25, 0.3) is 5.69 Å². The molecular weight excluding hydrogens is 252 g/mol. The first-order chi connectivity index (χ1) is 8.91. The highest BCUT2D eigenvalue weighted by Crippen LogP contribution is 2.35. The summed E-state index contributed by atoms with van der Waals surface area (Å²) >= 11 is 0. The zero-order valence-electron chi connectivity index (χ0n) is 10.1. The van der Waals surface area contributed by atoms with Gasteiger partial charge >= 0.3 is 5.97 Å². The van der Waals surface area contributed by atoms with Gasteiger partial charge < -0.3 is 15.2 Å². The van der Waals surface area contributed by atoms with Crippen molar-refractivity contribution >= 4 is 22.6 Å². The van der Waals surface area contributed by atoms with Crippen molar-refractivity contribution < 1.29 is 19.9 Å². The summed E-state index contributed by atoms with van der Waals surface area (Å²) < 4.78 is 0. The van der Waals surface area contributed by atoms with Crippen molar-refractivity contribution in [2.75, 3.05) is 0 Å². The summed E-state index contributed by atoms with van der Waals surface area (Å²) in [7, 11) is 0. The Morgan fingerprint density at radius 2 is 2.21 bits per heavy atom. The molecule has 0 aliphatic heterocycles. The van der Waals surface area contributed by atoms with Gasteiger partial charge in [0.1, 0.15) is 11.3 Å². The van der Waals surface area contributed by atoms with Crippen LogP contribution in [0.1, 0.15) is 12.5 Å². The number of phenols is 1. The Morgan fingerprint density at radius 3 is 2.79 bits per heavy atom. The molecule has 0 amide bonds. The second-order valence-corrected chi connectivity index (χ2v) is 4.37. The van der Waals surface area contributed by atoms with Crippen molar-refractivity contribution in [1.29, 1.82) is 0 Å². The number of non-ortho nitro benzene ring substituents is 1. The number of phenolic OH excluding ortho intramolecular Hbond substituents is 1. The SMILES string of the molecule is CC(Cc1c[nH]c2c([N+](=O)[O-])ccc(O)c12)C(=O)O. The summed E-state index contributed by atoms with van der Waals surface area (Å²) in [6, 6.07) is 2.45. The number of rotatable bonds is 4. The number of aromatic nitrogens is 1. The number of carboxylic acids is 1. The smallest absolute Gasteiger partial charge is 0.306 e. The fraction of sp³-hybridized carbons (Fsp3) is 0.250. The molecule has 2 aromatic rings. The van der Waals surface area contributed by atoms with Crippen LogP contribution in [-0.4, -0.2) is 26.1 Å². The summed E-state index contributed by atoms with van der Waals surface area (Å²) in [6.07, 6.45) is 1.68. The molecule has 0 spiro atoms. The van der Waals surface area contributed by atoms with Gasteiger partial charge in [0.2, 0.25) is 0 Å². The number of hydrogen-bond donors (Lipinski definition) is 3. The van der Waals surface area contributed by atoms with Crippen molar-refractivity contribution in [3.8, 4) is 5.75 Å². The third-order valence-electron chi connectivity index (χ3n) is 3.02. The number of nitro benzene ring substituents is 1. The Balaban J connectivity index is 2.56. The second kappa shape index (κ2) is 4.60. The monoisotopic (exact) mass is 264 g/mol. The lowest BCUT2D eigenvalue weighted by molar-refractivity contribution is -0.383. The minimum Gasteiger partial charge on any atom is -0.507 e. The highest BCUT2D eigenvalue weighted by molar-refractivity contribution is 5.95. The number of benzene rings is 1. The van der Waals surface area contributed by atoms with E-state index in [1.54, 1.807) is 0 Å². The molecule has 100 valence electrons. The van der Waals surface area contributed by atoms with Gasteiger partial charge in [-0.15, -0.1) is 0 Å². The van der Waals surface area contributed by atoms with Gasteiger partial charge in [0, 0.05) is 12.3 Å². The topological polar surface area (TPSA) is 116 Å². The molecule has 3 N–H and O–H groups in total. The molecule has 0 saturated carbocycles. The van der Waals surface area contributed by atoms with E-state index >= 15 is 0 Å². The lowest BCUT2D eigenvalue weighted by atomic mass is 10.00. The van der Waals surface area contributed by atoms with Crippen molar-refractivity contribution in [2.45, 2.75) is 13.3 Å². The van der Waals surface area contributed by atoms with Crippen molar-refractivity contribution in [1.82, 2.24) is 4.98 Å². The van der Waals surface area contributed by atoms with Crippen LogP contribution in [0.3, 0.4) is 0 Å². The maximum absolute atomic E-state index is 10.9. The van der Waals surface area contributed by atoms with E-state index in [0.717, 1.165) is 0 Å². The molecule has 0 aliphatic carbocycles. The lowest BCUT2D eigenvalue weighted by Crippen LogP contribution is -2.11. The fourth-order valence-electron chi connectivity index (χ4n) is 2.01. The second-order valence-electron chi connectivity index (χ2n) is 4.37. The Morgan fingerprint density at radius 1 is 1.53 bits per heavy atom. The first-order valence-electron chi connectivity index (χ1n) is 5.61. The van der Waals surface area contributed by atoms with E-state index in [2.05, 4.69) is 4.98 Å². The first-order valence-corrected chi connectivity index (χ1v) is 5.61. The van der Waals surface area contributed by atoms with Gasteiger partial charge in [-0.2, -0.15) is 0 Å². The number of carbonyl (C=O) groups is 1. The van der Waals surface area contributed by atoms with Crippen LogP contribution in [0.25, 0.3) is 10.9 Å². The summed E-state index contributed by atoms with van der Waals surface area (Å²) in [5, 5.41) is 29.9. The lowest BCUT2D eigenvalue weighted by Gasteiger charge is -2.05. The number of hydrogen-bond acceptors (Lipinski definition) is 4. The molecule has 0 saturated heterocycles. The van der Waals surface area contributed by atoms with E-state index in [1.165, 1.54) is 25.3 Å². The summed E-state index contributed by atoms with van der Waals surface area (Å²) in [5.74, 6) is -1.70. The van der Waals surface area contributed by atoms with E-state index < -0.39 is 16.8 Å². The number of H-pyrrole nitrogens is 1. The highest BCUT2D eigenvalue weighted by atomic mass is 16.6. The van der Waals surface area contributed by atoms with E-state index in [9.17, 15) is 20.0 Å². The zero-order chi connectivity index (χ0) is 14.2. The predicted octanol–water partition coefficient (Wildman–Crippen LogP) is 2.04. The van der Waals surface area contributed by atoms with Gasteiger partial charge in [-0.1, -0.05) is 6.92 Å². The zero-order valence-corrected chi connectivity index (χ0v) is 10.1. The molecule has 2 rings (SSSR count). The Hall–Kier alpha value is -2.57. The number of fused-ring (bicyclic) bond motifs is 1. The molecule has 0 bridgehead atoms. The number of carboxylic acid groups (broad SMARTS) is 1. The Kier molecular flexibility index (Phi) is 3.12. The number of nitrogens with one attached hydrogen (secondary N) is 1. The summed E-state index contributed by atoms with van der Waals surface area (Å²) in [4.78, 5) is 23.9. The van der Waals surface area contributed by atoms with Crippen LogP contribution in [0.5, 0.6) is 5.75 Å². The minimum absolute atomic E-state index is 0.102. The molecule has 19 heavy (non-hydrogen) atoms. The molecule has 1 heterocycles. The number of aromatic amines is 1. The van der Waals surface area contributed by atoms with Crippen LogP contribution in [0.4, 0.5) is 5.69 Å². The molecule has 1 aromatic heterocycles. The molecule has 1 aromatic carbocycles. The fourth-order valence-corrected chi connectivity index (χ4v) is 2.01. The number of nitro groups is 1. The van der Waals surface area contributed by atoms with Crippen LogP contribution in [0.15, 0.2) is 18.3 Å². The average molecular weight is 264 g/mol. The standard InChI is InChI=1S/C12H12N2O5/c1-6(12(16)17)4-7-5-13-11-8(14(18)19)2-3-9(15)10(7)11/h2-3,5-6,13,15H,4H2,1H3,(H,16,17). The summed E-state index contributed by atoms with van der Waals surface area (Å²) in [5.41, 5.74) is 0.603. The largest absolute Gasteiger partial charge is 0.507 e. The van der Waals surface area contributed by atoms with Crippen molar-refractivity contribution in [3.05, 3.63) is 34.0 Å². The Labute approximate surface area is 107 Å². The molecule has 1 unspecified atom stereocenters. The third kappa shape index (κ3) is 2.22. The van der Waals surface area contributed by atoms with Crippen LogP contribution < -0.4 is 0 Å². The van der Waals surface area contributed by atoms with E-state index in [-0.39, 0.29) is 23.4 Å². The molecular formula is C12H12N2O5. The molecule has 0 aliphatic rings. The molecule has 7 nitrogen and oxygen atoms in total. The van der Waals surface area contributed by atoms with E-state index in [1.807, 2.05) is 0 Å². The van der Waals surface area contributed by atoms with Gasteiger partial charge in [0.15, 0.2) is 0 Å². The highest BCUT2D eigenvalue weighted by Gasteiger charge is 2.21. The van der Waals surface area contributed by atoms with E-state index in [4.69, 9.17) is 5.11 Å². The number of nitrogens with zero attached hydrogens (tertiary/aromatic N) is 1. The van der Waals surface area contributed by atoms with Crippen molar-refractivity contribution in [3.63, 3.8) is 0 Å². The molecule has 1 atom stereocenters. The number of aliphatic carboxylic acids is 1.